The Morgan fingerprint density at radius 1 is 1.30 bits per heavy atom. The second-order valence-corrected chi connectivity index (χ2v) is 5.19. The van der Waals surface area contributed by atoms with Crippen molar-refractivity contribution in [3.63, 3.8) is 0 Å². The minimum absolute atomic E-state index is 0.0289. The Bertz CT molecular complexity index is 504. The largest absolute Gasteiger partial charge is 0.345 e. The molecule has 0 N–H and O–H groups in total. The van der Waals surface area contributed by atoms with Gasteiger partial charge in [-0.05, 0) is 18.1 Å². The van der Waals surface area contributed by atoms with Gasteiger partial charge in [0, 0.05) is 26.6 Å². The predicted molar refractivity (Wildman–Crippen MR) is 73.8 cm³/mol. The van der Waals surface area contributed by atoms with E-state index >= 15 is 0 Å². The first-order chi connectivity index (χ1) is 9.56. The lowest BCUT2D eigenvalue weighted by Crippen LogP contribution is -2.37. The number of likely N-dealkylation sites (N-methyl/N-ethyl adjacent to an activating group) is 1. The molecule has 0 radical (unpaired) electrons. The van der Waals surface area contributed by atoms with Crippen molar-refractivity contribution in [3.8, 4) is 0 Å². The van der Waals surface area contributed by atoms with Crippen LogP contribution in [-0.2, 0) is 16.0 Å². The van der Waals surface area contributed by atoms with Crippen molar-refractivity contribution >= 4 is 11.7 Å². The van der Waals surface area contributed by atoms with Crippen molar-refractivity contribution in [1.29, 1.82) is 0 Å². The van der Waals surface area contributed by atoms with Gasteiger partial charge in [-0.1, -0.05) is 18.2 Å². The van der Waals surface area contributed by atoms with E-state index in [9.17, 15) is 14.0 Å². The number of amides is 1. The Labute approximate surface area is 118 Å². The molecule has 1 fully saturated rings. The molecule has 1 heterocycles. The molecule has 4 nitrogen and oxygen atoms in total. The molecule has 5 heteroatoms. The van der Waals surface area contributed by atoms with E-state index in [2.05, 4.69) is 0 Å². The van der Waals surface area contributed by atoms with E-state index in [1.807, 2.05) is 4.90 Å². The van der Waals surface area contributed by atoms with Crippen molar-refractivity contribution < 1.29 is 14.0 Å². The van der Waals surface area contributed by atoms with E-state index < -0.39 is 0 Å². The van der Waals surface area contributed by atoms with Gasteiger partial charge in [0.2, 0.25) is 5.91 Å². The fourth-order valence-corrected chi connectivity index (χ4v) is 2.34. The molecule has 1 aliphatic rings. The number of hydrogen-bond donors (Lipinski definition) is 0. The highest BCUT2D eigenvalue weighted by Gasteiger charge is 2.20. The van der Waals surface area contributed by atoms with Gasteiger partial charge >= 0.3 is 0 Å². The molecule has 0 atom stereocenters. The van der Waals surface area contributed by atoms with Gasteiger partial charge in [-0.2, -0.15) is 0 Å². The van der Waals surface area contributed by atoms with E-state index in [0.717, 1.165) is 19.5 Å². The monoisotopic (exact) mass is 278 g/mol. The lowest BCUT2D eigenvalue weighted by molar-refractivity contribution is -0.130. The van der Waals surface area contributed by atoms with E-state index in [1.54, 1.807) is 30.1 Å². The maximum Gasteiger partial charge on any atom is 0.236 e. The van der Waals surface area contributed by atoms with Gasteiger partial charge in [0.05, 0.1) is 13.1 Å². The number of hydrogen-bond acceptors (Lipinski definition) is 3. The average Bonchev–Trinajstić information content (AvgIpc) is 2.55. The Balaban J connectivity index is 1.91. The molecular weight excluding hydrogens is 259 g/mol. The molecule has 1 aromatic rings. The van der Waals surface area contributed by atoms with Gasteiger partial charge in [-0.25, -0.2) is 4.39 Å². The fraction of sp³-hybridized carbons (Fsp3) is 0.467. The van der Waals surface area contributed by atoms with Gasteiger partial charge in [0.25, 0.3) is 0 Å². The Kier molecular flexibility index (Phi) is 4.84. The summed E-state index contributed by atoms with van der Waals surface area (Å²) in [6, 6.07) is 6.30. The van der Waals surface area contributed by atoms with Crippen LogP contribution in [-0.4, -0.2) is 54.7 Å². The van der Waals surface area contributed by atoms with Gasteiger partial charge in [-0.15, -0.1) is 0 Å². The highest BCUT2D eigenvalue weighted by molar-refractivity contribution is 5.84. The number of nitrogens with zero attached hydrogens (tertiary/aromatic N) is 2. The van der Waals surface area contributed by atoms with Gasteiger partial charge in [0.15, 0.2) is 5.78 Å². The van der Waals surface area contributed by atoms with E-state index in [-0.39, 0.29) is 37.0 Å². The summed E-state index contributed by atoms with van der Waals surface area (Å²) in [4.78, 5) is 27.3. The Morgan fingerprint density at radius 2 is 2.05 bits per heavy atom. The summed E-state index contributed by atoms with van der Waals surface area (Å²) in [5.41, 5.74) is 0.413. The number of halogens is 1. The number of Topliss-reactive ketones (excluding diaryl/α,β-unsaturated/α-hetero) is 1. The molecule has 0 saturated carbocycles. The first-order valence-electron chi connectivity index (χ1n) is 6.77. The molecular formula is C15H19FN2O2. The van der Waals surface area contributed by atoms with Crippen molar-refractivity contribution in [2.24, 2.45) is 0 Å². The summed E-state index contributed by atoms with van der Waals surface area (Å²) < 4.78 is 13.5. The summed E-state index contributed by atoms with van der Waals surface area (Å²) >= 11 is 0. The SMILES string of the molecule is CN1CCCN(CC(=O)Cc2ccccc2F)CC1=O. The normalized spacial score (nSPS) is 17.1. The molecule has 1 amide bonds. The summed E-state index contributed by atoms with van der Waals surface area (Å²) in [5, 5.41) is 0. The molecule has 1 aliphatic heterocycles. The van der Waals surface area contributed by atoms with E-state index in [4.69, 9.17) is 0 Å². The number of carbonyl (C=O) groups is 2. The topological polar surface area (TPSA) is 40.6 Å². The third kappa shape index (κ3) is 3.87. The highest BCUT2D eigenvalue weighted by atomic mass is 19.1. The second kappa shape index (κ2) is 6.61. The van der Waals surface area contributed by atoms with Crippen LogP contribution in [0.4, 0.5) is 4.39 Å². The Hall–Kier alpha value is -1.75. The molecule has 108 valence electrons. The van der Waals surface area contributed by atoms with Crippen LogP contribution in [0.2, 0.25) is 0 Å². The maximum absolute atomic E-state index is 13.5. The molecule has 0 unspecified atom stereocenters. The average molecular weight is 278 g/mol. The maximum atomic E-state index is 13.5. The first kappa shape index (κ1) is 14.7. The molecule has 20 heavy (non-hydrogen) atoms. The van der Waals surface area contributed by atoms with Crippen LogP contribution in [0.25, 0.3) is 0 Å². The lowest BCUT2D eigenvalue weighted by Gasteiger charge is -2.18. The standard InChI is InChI=1S/C15H19FN2O2/c1-17-7-4-8-18(11-15(17)20)10-13(19)9-12-5-2-3-6-14(12)16/h2-3,5-6H,4,7-11H2,1H3. The zero-order valence-electron chi connectivity index (χ0n) is 11.6. The molecule has 0 bridgehead atoms. The van der Waals surface area contributed by atoms with Crippen LogP contribution >= 0.6 is 0 Å². The van der Waals surface area contributed by atoms with Crippen molar-refractivity contribution in [1.82, 2.24) is 9.80 Å². The molecule has 0 spiro atoms. The number of carbonyl (C=O) groups excluding carboxylic acids is 2. The van der Waals surface area contributed by atoms with Gasteiger partial charge < -0.3 is 4.90 Å². The minimum Gasteiger partial charge on any atom is -0.345 e. The van der Waals surface area contributed by atoms with Crippen LogP contribution < -0.4 is 0 Å². The highest BCUT2D eigenvalue weighted by Crippen LogP contribution is 2.09. The van der Waals surface area contributed by atoms with Crippen LogP contribution in [0.5, 0.6) is 0 Å². The van der Waals surface area contributed by atoms with Gasteiger partial charge in [0.1, 0.15) is 5.82 Å². The molecule has 1 aromatic carbocycles. The van der Waals surface area contributed by atoms with E-state index in [0.29, 0.717) is 5.56 Å². The summed E-state index contributed by atoms with van der Waals surface area (Å²) in [7, 11) is 1.77. The molecule has 0 aromatic heterocycles. The van der Waals surface area contributed by atoms with Crippen LogP contribution in [0.3, 0.4) is 0 Å². The number of benzene rings is 1. The summed E-state index contributed by atoms with van der Waals surface area (Å²) in [6.45, 7) is 1.91. The third-order valence-corrected chi connectivity index (χ3v) is 3.50. The Morgan fingerprint density at radius 3 is 2.80 bits per heavy atom. The van der Waals surface area contributed by atoms with Crippen molar-refractivity contribution in [2.45, 2.75) is 12.8 Å². The summed E-state index contributed by atoms with van der Waals surface area (Å²) in [5.74, 6) is -0.388. The quantitative estimate of drug-likeness (QED) is 0.828. The third-order valence-electron chi connectivity index (χ3n) is 3.50. The van der Waals surface area contributed by atoms with Crippen molar-refractivity contribution in [3.05, 3.63) is 35.6 Å². The number of rotatable bonds is 4. The molecule has 0 aliphatic carbocycles. The fourth-order valence-electron chi connectivity index (χ4n) is 2.34. The molecule has 2 rings (SSSR count). The zero-order valence-corrected chi connectivity index (χ0v) is 11.6. The minimum atomic E-state index is -0.354. The molecule has 1 saturated heterocycles. The van der Waals surface area contributed by atoms with Crippen LogP contribution in [0.1, 0.15) is 12.0 Å². The van der Waals surface area contributed by atoms with E-state index in [1.165, 1.54) is 6.07 Å². The lowest BCUT2D eigenvalue weighted by atomic mass is 10.1. The number of ketones is 1. The van der Waals surface area contributed by atoms with Gasteiger partial charge in [-0.3, -0.25) is 14.5 Å². The summed E-state index contributed by atoms with van der Waals surface area (Å²) in [6.07, 6.45) is 0.933. The van der Waals surface area contributed by atoms with Crippen molar-refractivity contribution in [2.75, 3.05) is 33.2 Å². The second-order valence-electron chi connectivity index (χ2n) is 5.19. The van der Waals surface area contributed by atoms with Crippen LogP contribution in [0.15, 0.2) is 24.3 Å². The predicted octanol–water partition coefficient (Wildman–Crippen LogP) is 1.10. The zero-order chi connectivity index (χ0) is 14.5. The smallest absolute Gasteiger partial charge is 0.236 e. The van der Waals surface area contributed by atoms with Crippen LogP contribution in [0, 0.1) is 5.82 Å². The first-order valence-corrected chi connectivity index (χ1v) is 6.77.